The summed E-state index contributed by atoms with van der Waals surface area (Å²) in [5.41, 5.74) is 0.623. The lowest BCUT2D eigenvalue weighted by atomic mass is 10.2. The van der Waals surface area contributed by atoms with Crippen molar-refractivity contribution in [1.29, 1.82) is 0 Å². The van der Waals surface area contributed by atoms with Crippen LogP contribution in [0.3, 0.4) is 0 Å². The van der Waals surface area contributed by atoms with Crippen LogP contribution in [0, 0.1) is 0 Å². The van der Waals surface area contributed by atoms with Crippen LogP contribution in [0.4, 0.5) is 0 Å². The fraction of sp³-hybridized carbons (Fsp3) is 0.333. The molecule has 0 saturated carbocycles. The largest absolute Gasteiger partial charge is 0.493 e. The standard InChI is InChI=1S/C12H13ClN2O4S/c1-18-10-6-9-8(12(13)15-7-14-9)5-11(10)19-3-4-20(2,16)17/h5-7H,3-4H2,1-2H3. The molecule has 0 fully saturated rings. The van der Waals surface area contributed by atoms with Crippen molar-refractivity contribution < 1.29 is 17.9 Å². The Bertz CT molecular complexity index is 734. The van der Waals surface area contributed by atoms with Crippen LogP contribution in [0.5, 0.6) is 11.5 Å². The maximum atomic E-state index is 11.1. The Kier molecular flexibility index (Phi) is 4.29. The molecular weight excluding hydrogens is 304 g/mol. The van der Waals surface area contributed by atoms with E-state index in [2.05, 4.69) is 9.97 Å². The molecule has 0 amide bonds. The van der Waals surface area contributed by atoms with Crippen LogP contribution in [0.25, 0.3) is 10.9 Å². The lowest BCUT2D eigenvalue weighted by molar-refractivity contribution is 0.312. The Morgan fingerprint density at radius 2 is 2.00 bits per heavy atom. The molecule has 0 aliphatic heterocycles. The van der Waals surface area contributed by atoms with E-state index >= 15 is 0 Å². The van der Waals surface area contributed by atoms with E-state index in [-0.39, 0.29) is 12.4 Å². The second kappa shape index (κ2) is 5.80. The molecule has 1 heterocycles. The van der Waals surface area contributed by atoms with E-state index in [0.717, 1.165) is 6.26 Å². The Balaban J connectivity index is 2.33. The van der Waals surface area contributed by atoms with Crippen molar-refractivity contribution in [1.82, 2.24) is 9.97 Å². The van der Waals surface area contributed by atoms with Gasteiger partial charge in [-0.15, -0.1) is 0 Å². The quantitative estimate of drug-likeness (QED) is 0.781. The average molecular weight is 317 g/mol. The number of methoxy groups -OCH3 is 1. The number of fused-ring (bicyclic) bond motifs is 1. The minimum Gasteiger partial charge on any atom is -0.493 e. The number of sulfone groups is 1. The minimum atomic E-state index is -3.08. The lowest BCUT2D eigenvalue weighted by Gasteiger charge is -2.11. The first-order valence-corrected chi connectivity index (χ1v) is 8.13. The van der Waals surface area contributed by atoms with E-state index in [0.29, 0.717) is 27.6 Å². The molecule has 0 bridgehead atoms. The van der Waals surface area contributed by atoms with Crippen LogP contribution < -0.4 is 9.47 Å². The van der Waals surface area contributed by atoms with Crippen LogP contribution >= 0.6 is 11.6 Å². The van der Waals surface area contributed by atoms with E-state index in [1.54, 1.807) is 12.1 Å². The summed E-state index contributed by atoms with van der Waals surface area (Å²) >= 11 is 5.99. The summed E-state index contributed by atoms with van der Waals surface area (Å²) in [5, 5.41) is 0.912. The molecule has 1 aromatic carbocycles. The molecule has 1 aromatic heterocycles. The molecule has 20 heavy (non-hydrogen) atoms. The minimum absolute atomic E-state index is 0.0337. The summed E-state index contributed by atoms with van der Waals surface area (Å²) in [6, 6.07) is 3.30. The smallest absolute Gasteiger partial charge is 0.162 e. The summed E-state index contributed by atoms with van der Waals surface area (Å²) in [7, 11) is -1.59. The van der Waals surface area contributed by atoms with Gasteiger partial charge in [-0.1, -0.05) is 11.6 Å². The third-order valence-corrected chi connectivity index (χ3v) is 3.79. The average Bonchev–Trinajstić information content (AvgIpc) is 2.37. The van der Waals surface area contributed by atoms with Crippen LogP contribution in [-0.2, 0) is 9.84 Å². The predicted molar refractivity (Wildman–Crippen MR) is 76.3 cm³/mol. The molecule has 0 unspecified atom stereocenters. The highest BCUT2D eigenvalue weighted by Crippen LogP contribution is 2.33. The van der Waals surface area contributed by atoms with E-state index < -0.39 is 9.84 Å². The fourth-order valence-electron chi connectivity index (χ4n) is 1.61. The van der Waals surface area contributed by atoms with Gasteiger partial charge >= 0.3 is 0 Å². The van der Waals surface area contributed by atoms with Crippen LogP contribution in [0.15, 0.2) is 18.5 Å². The highest BCUT2D eigenvalue weighted by atomic mass is 35.5. The molecule has 0 saturated heterocycles. The molecule has 0 aliphatic carbocycles. The van der Waals surface area contributed by atoms with Crippen molar-refractivity contribution in [3.8, 4) is 11.5 Å². The van der Waals surface area contributed by atoms with Gasteiger partial charge in [-0.25, -0.2) is 18.4 Å². The second-order valence-corrected chi connectivity index (χ2v) is 6.78. The maximum Gasteiger partial charge on any atom is 0.162 e. The number of aromatic nitrogens is 2. The van der Waals surface area contributed by atoms with Gasteiger partial charge in [0.15, 0.2) is 21.3 Å². The van der Waals surface area contributed by atoms with Gasteiger partial charge in [0.2, 0.25) is 0 Å². The monoisotopic (exact) mass is 316 g/mol. The predicted octanol–water partition coefficient (Wildman–Crippen LogP) is 1.72. The zero-order valence-electron chi connectivity index (χ0n) is 11.0. The highest BCUT2D eigenvalue weighted by molar-refractivity contribution is 7.90. The van der Waals surface area contributed by atoms with E-state index in [9.17, 15) is 8.42 Å². The van der Waals surface area contributed by atoms with Crippen molar-refractivity contribution in [3.63, 3.8) is 0 Å². The molecule has 0 atom stereocenters. The first-order chi connectivity index (χ1) is 9.40. The Labute approximate surface area is 121 Å². The summed E-state index contributed by atoms with van der Waals surface area (Å²) in [5.74, 6) is 0.786. The number of ether oxygens (including phenoxy) is 2. The summed E-state index contributed by atoms with van der Waals surface area (Å²) < 4.78 is 32.8. The Hall–Kier alpha value is -1.60. The fourth-order valence-corrected chi connectivity index (χ4v) is 2.19. The molecular formula is C12H13ClN2O4S. The normalized spacial score (nSPS) is 11.6. The summed E-state index contributed by atoms with van der Waals surface area (Å²) in [6.07, 6.45) is 2.51. The molecule has 2 aromatic rings. The van der Waals surface area contributed by atoms with Gasteiger partial charge in [-0.3, -0.25) is 0 Å². The second-order valence-electron chi connectivity index (χ2n) is 4.16. The number of halogens is 1. The van der Waals surface area contributed by atoms with Gasteiger partial charge in [-0.2, -0.15) is 0 Å². The first kappa shape index (κ1) is 14.8. The molecule has 0 radical (unpaired) electrons. The first-order valence-electron chi connectivity index (χ1n) is 5.69. The number of hydrogen-bond donors (Lipinski definition) is 0. The van der Waals surface area contributed by atoms with Gasteiger partial charge in [0, 0.05) is 17.7 Å². The van der Waals surface area contributed by atoms with Gasteiger partial charge in [0.1, 0.15) is 18.1 Å². The topological polar surface area (TPSA) is 78.4 Å². The van der Waals surface area contributed by atoms with Gasteiger partial charge in [0.25, 0.3) is 0 Å². The van der Waals surface area contributed by atoms with Crippen molar-refractivity contribution >= 4 is 32.3 Å². The maximum absolute atomic E-state index is 11.1. The zero-order chi connectivity index (χ0) is 14.8. The number of rotatable bonds is 5. The number of hydrogen-bond acceptors (Lipinski definition) is 6. The molecule has 0 spiro atoms. The zero-order valence-corrected chi connectivity index (χ0v) is 12.5. The molecule has 0 aliphatic rings. The SMILES string of the molecule is COc1cc2ncnc(Cl)c2cc1OCCS(C)(=O)=O. The lowest BCUT2D eigenvalue weighted by Crippen LogP contribution is -2.12. The van der Waals surface area contributed by atoms with Gasteiger partial charge < -0.3 is 9.47 Å². The Morgan fingerprint density at radius 3 is 2.65 bits per heavy atom. The summed E-state index contributed by atoms with van der Waals surface area (Å²) in [4.78, 5) is 7.97. The third kappa shape index (κ3) is 3.49. The number of benzene rings is 1. The third-order valence-electron chi connectivity index (χ3n) is 2.58. The highest BCUT2D eigenvalue weighted by Gasteiger charge is 2.11. The molecule has 6 nitrogen and oxygen atoms in total. The van der Waals surface area contributed by atoms with E-state index in [1.165, 1.54) is 13.4 Å². The van der Waals surface area contributed by atoms with Crippen molar-refractivity contribution in [2.75, 3.05) is 25.7 Å². The van der Waals surface area contributed by atoms with Crippen molar-refractivity contribution in [3.05, 3.63) is 23.6 Å². The molecule has 8 heteroatoms. The number of nitrogens with zero attached hydrogens (tertiary/aromatic N) is 2. The van der Waals surface area contributed by atoms with E-state index in [1.807, 2.05) is 0 Å². The van der Waals surface area contributed by atoms with Crippen LogP contribution in [-0.4, -0.2) is 44.1 Å². The molecule has 0 N–H and O–H groups in total. The molecule has 108 valence electrons. The Morgan fingerprint density at radius 1 is 1.25 bits per heavy atom. The van der Waals surface area contributed by atoms with Gasteiger partial charge in [-0.05, 0) is 6.07 Å². The van der Waals surface area contributed by atoms with Crippen LogP contribution in [0.1, 0.15) is 0 Å². The van der Waals surface area contributed by atoms with Crippen molar-refractivity contribution in [2.45, 2.75) is 0 Å². The van der Waals surface area contributed by atoms with Crippen molar-refractivity contribution in [2.24, 2.45) is 0 Å². The van der Waals surface area contributed by atoms with Gasteiger partial charge in [0.05, 0.1) is 18.4 Å². The van der Waals surface area contributed by atoms with Crippen LogP contribution in [0.2, 0.25) is 5.15 Å². The summed E-state index contributed by atoms with van der Waals surface area (Å²) in [6.45, 7) is 0.0337. The van der Waals surface area contributed by atoms with E-state index in [4.69, 9.17) is 21.1 Å². The molecule has 2 rings (SSSR count).